The van der Waals surface area contributed by atoms with Crippen molar-refractivity contribution in [3.63, 3.8) is 0 Å². The predicted octanol–water partition coefficient (Wildman–Crippen LogP) is -0.347. The molecule has 9 heteroatoms. The fourth-order valence-electron chi connectivity index (χ4n) is 3.65. The summed E-state index contributed by atoms with van der Waals surface area (Å²) in [5.74, 6) is -0.294. The van der Waals surface area contributed by atoms with E-state index in [1.165, 1.54) is 0 Å². The van der Waals surface area contributed by atoms with Gasteiger partial charge >= 0.3 is 0 Å². The van der Waals surface area contributed by atoms with E-state index in [4.69, 9.17) is 9.47 Å². The second-order valence-electron chi connectivity index (χ2n) is 7.73. The Morgan fingerprint density at radius 1 is 1.19 bits per heavy atom. The molecular formula is C22H32N4O5. The third-order valence-corrected chi connectivity index (χ3v) is 5.32. The molecule has 0 radical (unpaired) electrons. The smallest absolute Gasteiger partial charge is 0.226 e. The van der Waals surface area contributed by atoms with E-state index in [9.17, 15) is 14.7 Å². The Bertz CT molecular complexity index is 724. The molecule has 0 spiro atoms. The van der Waals surface area contributed by atoms with Crippen molar-refractivity contribution in [2.75, 3.05) is 46.0 Å². The van der Waals surface area contributed by atoms with E-state index >= 15 is 0 Å². The molecule has 0 bridgehead atoms. The van der Waals surface area contributed by atoms with E-state index in [-0.39, 0.29) is 31.3 Å². The molecule has 0 aliphatic carbocycles. The molecule has 2 amide bonds. The minimum absolute atomic E-state index is 0.0917. The van der Waals surface area contributed by atoms with Crippen molar-refractivity contribution < 1.29 is 24.2 Å². The number of aromatic nitrogens is 1. The Hall–Kier alpha value is -2.33. The lowest BCUT2D eigenvalue weighted by molar-refractivity contribution is -0.128. The lowest BCUT2D eigenvalue weighted by Crippen LogP contribution is -2.49. The van der Waals surface area contributed by atoms with Crippen LogP contribution in [0.15, 0.2) is 36.5 Å². The van der Waals surface area contributed by atoms with Gasteiger partial charge in [0.15, 0.2) is 0 Å². The van der Waals surface area contributed by atoms with Crippen LogP contribution in [0, 0.1) is 0 Å². The van der Waals surface area contributed by atoms with Crippen molar-refractivity contribution in [1.82, 2.24) is 20.5 Å². The van der Waals surface area contributed by atoms with Crippen LogP contribution in [0.5, 0.6) is 0 Å². The van der Waals surface area contributed by atoms with Crippen LogP contribution < -0.4 is 10.6 Å². The van der Waals surface area contributed by atoms with E-state index in [1.54, 1.807) is 30.5 Å². The number of aliphatic hydroxyl groups excluding tert-OH is 1. The molecule has 0 unspecified atom stereocenters. The second-order valence-corrected chi connectivity index (χ2v) is 7.73. The number of pyridine rings is 1. The molecule has 2 aliphatic rings. The Kier molecular flexibility index (Phi) is 9.41. The minimum atomic E-state index is -0.600. The summed E-state index contributed by atoms with van der Waals surface area (Å²) < 4.78 is 11.1. The maximum Gasteiger partial charge on any atom is 0.226 e. The number of carbonyl (C=O) groups excluding carboxylic acids is 2. The fraction of sp³-hybridized carbons (Fsp3) is 0.591. The predicted molar refractivity (Wildman–Crippen MR) is 114 cm³/mol. The molecule has 1 aromatic heterocycles. The van der Waals surface area contributed by atoms with Crippen LogP contribution in [0.1, 0.15) is 18.5 Å². The Labute approximate surface area is 182 Å². The van der Waals surface area contributed by atoms with Crippen molar-refractivity contribution in [1.29, 1.82) is 0 Å². The summed E-state index contributed by atoms with van der Waals surface area (Å²) in [7, 11) is 0. The lowest BCUT2D eigenvalue weighted by Gasteiger charge is -2.31. The number of amides is 2. The van der Waals surface area contributed by atoms with Gasteiger partial charge in [-0.15, -0.1) is 0 Å². The maximum atomic E-state index is 12.3. The van der Waals surface area contributed by atoms with Gasteiger partial charge in [0.05, 0.1) is 44.8 Å². The topological polar surface area (TPSA) is 113 Å². The molecule has 1 aromatic rings. The molecule has 31 heavy (non-hydrogen) atoms. The summed E-state index contributed by atoms with van der Waals surface area (Å²) in [6, 6.07) is 4.95. The minimum Gasteiger partial charge on any atom is -0.394 e. The highest BCUT2D eigenvalue weighted by atomic mass is 16.5. The van der Waals surface area contributed by atoms with Gasteiger partial charge < -0.3 is 25.2 Å². The Morgan fingerprint density at radius 3 is 2.77 bits per heavy atom. The van der Waals surface area contributed by atoms with Gasteiger partial charge in [-0.2, -0.15) is 0 Å². The number of morpholine rings is 1. The third kappa shape index (κ3) is 8.02. The maximum absolute atomic E-state index is 12.3. The van der Waals surface area contributed by atoms with Crippen LogP contribution in [-0.2, 0) is 25.5 Å². The van der Waals surface area contributed by atoms with E-state index < -0.39 is 18.2 Å². The fourth-order valence-corrected chi connectivity index (χ4v) is 3.65. The van der Waals surface area contributed by atoms with Crippen molar-refractivity contribution in [3.8, 4) is 0 Å². The van der Waals surface area contributed by atoms with Crippen LogP contribution in [0.4, 0.5) is 0 Å². The molecule has 0 aromatic carbocycles. The SMILES string of the molecule is O=C(C[C@H]1C=C[C@@H](NC(=O)Cc2ccccn2)[C@H](CO)O1)NCCCN1CCOCC1. The number of nitrogens with zero attached hydrogens (tertiary/aromatic N) is 2. The molecule has 2 aliphatic heterocycles. The van der Waals surface area contributed by atoms with Gasteiger partial charge in [0, 0.05) is 31.5 Å². The summed E-state index contributed by atoms with van der Waals surface area (Å²) >= 11 is 0. The second kappa shape index (κ2) is 12.5. The monoisotopic (exact) mass is 432 g/mol. The van der Waals surface area contributed by atoms with E-state index in [2.05, 4.69) is 20.5 Å². The normalized spacial score (nSPS) is 24.0. The van der Waals surface area contributed by atoms with Crippen LogP contribution >= 0.6 is 0 Å². The molecule has 0 saturated carbocycles. The first-order valence-electron chi connectivity index (χ1n) is 10.8. The average Bonchev–Trinajstić information content (AvgIpc) is 2.79. The summed E-state index contributed by atoms with van der Waals surface area (Å²) in [6.45, 7) is 4.73. The van der Waals surface area contributed by atoms with Gasteiger partial charge in [-0.05, 0) is 25.1 Å². The molecule has 1 fully saturated rings. The molecule has 3 atom stereocenters. The van der Waals surface area contributed by atoms with Crippen molar-refractivity contribution in [2.24, 2.45) is 0 Å². The van der Waals surface area contributed by atoms with Crippen LogP contribution in [0.2, 0.25) is 0 Å². The highest BCUT2D eigenvalue weighted by molar-refractivity contribution is 5.79. The first-order chi connectivity index (χ1) is 15.1. The van der Waals surface area contributed by atoms with Crippen molar-refractivity contribution in [2.45, 2.75) is 37.5 Å². The molecule has 3 heterocycles. The van der Waals surface area contributed by atoms with Crippen molar-refractivity contribution in [3.05, 3.63) is 42.2 Å². The Balaban J connectivity index is 1.37. The zero-order chi connectivity index (χ0) is 21.9. The van der Waals surface area contributed by atoms with Crippen LogP contribution in [-0.4, -0.2) is 91.1 Å². The van der Waals surface area contributed by atoms with Crippen molar-refractivity contribution >= 4 is 11.8 Å². The highest BCUT2D eigenvalue weighted by Gasteiger charge is 2.29. The number of nitrogens with one attached hydrogen (secondary N) is 2. The zero-order valence-electron chi connectivity index (χ0n) is 17.7. The third-order valence-electron chi connectivity index (χ3n) is 5.32. The number of rotatable bonds is 10. The molecule has 9 nitrogen and oxygen atoms in total. The summed E-state index contributed by atoms with van der Waals surface area (Å²) in [6.07, 6.45) is 5.39. The molecular weight excluding hydrogens is 400 g/mol. The molecule has 3 N–H and O–H groups in total. The van der Waals surface area contributed by atoms with Gasteiger partial charge in [-0.3, -0.25) is 19.5 Å². The highest BCUT2D eigenvalue weighted by Crippen LogP contribution is 2.16. The number of hydrogen-bond donors (Lipinski definition) is 3. The summed E-state index contributed by atoms with van der Waals surface area (Å²) in [5, 5.41) is 15.5. The van der Waals surface area contributed by atoms with Crippen LogP contribution in [0.3, 0.4) is 0 Å². The number of ether oxygens (including phenoxy) is 2. The summed E-state index contributed by atoms with van der Waals surface area (Å²) in [5.41, 5.74) is 0.671. The van der Waals surface area contributed by atoms with Gasteiger partial charge in [0.25, 0.3) is 0 Å². The van der Waals surface area contributed by atoms with Crippen LogP contribution in [0.25, 0.3) is 0 Å². The molecule has 170 valence electrons. The first-order valence-corrected chi connectivity index (χ1v) is 10.8. The lowest BCUT2D eigenvalue weighted by atomic mass is 10.0. The Morgan fingerprint density at radius 2 is 2.03 bits per heavy atom. The number of hydrogen-bond acceptors (Lipinski definition) is 7. The van der Waals surface area contributed by atoms with E-state index in [0.717, 1.165) is 39.3 Å². The quantitative estimate of drug-likeness (QED) is 0.342. The van der Waals surface area contributed by atoms with Gasteiger partial charge in [-0.1, -0.05) is 18.2 Å². The largest absolute Gasteiger partial charge is 0.394 e. The number of aliphatic hydroxyl groups is 1. The molecule has 1 saturated heterocycles. The standard InChI is InChI=1S/C22H32N4O5/c27-16-20-19(25-22(29)14-17-4-1-2-7-23-17)6-5-18(31-20)15-21(28)24-8-3-9-26-10-12-30-13-11-26/h1-2,4-7,18-20,27H,3,8-16H2,(H,24,28)(H,25,29)/t18-,19-,20+/m1/s1. The average molecular weight is 433 g/mol. The van der Waals surface area contributed by atoms with Gasteiger partial charge in [0.1, 0.15) is 6.10 Å². The van der Waals surface area contributed by atoms with E-state index in [0.29, 0.717) is 12.2 Å². The first kappa shape index (κ1) is 23.3. The van der Waals surface area contributed by atoms with Gasteiger partial charge in [-0.25, -0.2) is 0 Å². The zero-order valence-corrected chi connectivity index (χ0v) is 17.7. The summed E-state index contributed by atoms with van der Waals surface area (Å²) in [4.78, 5) is 31.0. The number of carbonyl (C=O) groups is 2. The van der Waals surface area contributed by atoms with E-state index in [1.807, 2.05) is 6.07 Å². The molecule has 3 rings (SSSR count). The van der Waals surface area contributed by atoms with Gasteiger partial charge in [0.2, 0.25) is 11.8 Å².